The zero-order valence-corrected chi connectivity index (χ0v) is 20.0. The molecule has 31 heavy (non-hydrogen) atoms. The van der Waals surface area contributed by atoms with Gasteiger partial charge in [-0.3, -0.25) is 19.0 Å². The van der Waals surface area contributed by atoms with Crippen LogP contribution in [0, 0.1) is 0 Å². The number of imidazole rings is 1. The number of aromatic nitrogens is 6. The minimum Gasteiger partial charge on any atom is -0.361 e. The first-order valence-corrected chi connectivity index (χ1v) is 14.9. The lowest BCUT2D eigenvalue weighted by Gasteiger charge is -2.21. The number of hydrogen-bond acceptors (Lipinski definition) is 6. The summed E-state index contributed by atoms with van der Waals surface area (Å²) in [6.07, 6.45) is 6.61. The van der Waals surface area contributed by atoms with Gasteiger partial charge in [-0.25, -0.2) is 4.98 Å². The van der Waals surface area contributed by atoms with Crippen molar-refractivity contribution < 1.29 is 4.74 Å². The maximum atomic E-state index is 13.7. The molecule has 0 bridgehead atoms. The maximum Gasteiger partial charge on any atom is 0.281 e. The fraction of sp³-hybridized carbons (Fsp3) is 0.619. The first-order chi connectivity index (χ1) is 14.9. The molecule has 1 aliphatic heterocycles. The van der Waals surface area contributed by atoms with Crippen molar-refractivity contribution in [1.82, 2.24) is 29.3 Å². The van der Waals surface area contributed by atoms with Crippen LogP contribution in [0.4, 0.5) is 5.95 Å². The van der Waals surface area contributed by atoms with Gasteiger partial charge in [0.05, 0.1) is 11.8 Å². The predicted molar refractivity (Wildman–Crippen MR) is 125 cm³/mol. The number of nitrogens with zero attached hydrogens (tertiary/aromatic N) is 6. The Bertz CT molecular complexity index is 1080. The van der Waals surface area contributed by atoms with E-state index in [-0.39, 0.29) is 12.3 Å². The second-order valence-electron chi connectivity index (χ2n) is 9.43. The highest BCUT2D eigenvalue weighted by atomic mass is 28.3. The molecular weight excluding hydrogens is 410 g/mol. The number of H-pyrrole nitrogens is 1. The smallest absolute Gasteiger partial charge is 0.281 e. The Morgan fingerprint density at radius 3 is 2.58 bits per heavy atom. The monoisotopic (exact) mass is 443 g/mol. The lowest BCUT2D eigenvalue weighted by molar-refractivity contribution is 0.0908. The summed E-state index contributed by atoms with van der Waals surface area (Å²) in [5.74, 6) is 1.39. The van der Waals surface area contributed by atoms with Crippen molar-refractivity contribution in [3.05, 3.63) is 22.7 Å². The molecule has 1 fully saturated rings. The van der Waals surface area contributed by atoms with E-state index in [4.69, 9.17) is 14.7 Å². The van der Waals surface area contributed by atoms with Gasteiger partial charge in [0.25, 0.3) is 5.56 Å². The van der Waals surface area contributed by atoms with Gasteiger partial charge in [0.1, 0.15) is 12.6 Å². The van der Waals surface area contributed by atoms with E-state index in [9.17, 15) is 4.79 Å². The van der Waals surface area contributed by atoms with Gasteiger partial charge in [-0.15, -0.1) is 0 Å². The summed E-state index contributed by atoms with van der Waals surface area (Å²) in [5, 5.41) is 6.90. The van der Waals surface area contributed by atoms with Gasteiger partial charge in [-0.2, -0.15) is 10.1 Å². The maximum absolute atomic E-state index is 13.7. The Morgan fingerprint density at radius 2 is 1.94 bits per heavy atom. The summed E-state index contributed by atoms with van der Waals surface area (Å²) in [7, 11) is -1.20. The van der Waals surface area contributed by atoms with E-state index in [0.717, 1.165) is 49.9 Å². The number of rotatable bonds is 9. The molecule has 9 nitrogen and oxygen atoms in total. The number of ether oxygens (including phenoxy) is 1. The third-order valence-electron chi connectivity index (χ3n) is 5.65. The third-order valence-corrected chi connectivity index (χ3v) is 7.36. The Morgan fingerprint density at radius 1 is 1.16 bits per heavy atom. The summed E-state index contributed by atoms with van der Waals surface area (Å²) in [6, 6.07) is 1.07. The van der Waals surface area contributed by atoms with E-state index < -0.39 is 8.07 Å². The summed E-state index contributed by atoms with van der Waals surface area (Å²) in [6.45, 7) is 12.5. The van der Waals surface area contributed by atoms with Crippen LogP contribution in [0.1, 0.15) is 26.2 Å². The quantitative estimate of drug-likeness (QED) is 0.403. The minimum absolute atomic E-state index is 0.0511. The van der Waals surface area contributed by atoms with Crippen LogP contribution in [-0.4, -0.2) is 57.1 Å². The van der Waals surface area contributed by atoms with Gasteiger partial charge >= 0.3 is 0 Å². The van der Waals surface area contributed by atoms with E-state index in [1.165, 1.54) is 0 Å². The Balaban J connectivity index is 1.80. The molecule has 1 N–H and O–H groups in total. The number of hydrogen-bond donors (Lipinski definition) is 1. The molecule has 0 saturated carbocycles. The van der Waals surface area contributed by atoms with E-state index >= 15 is 0 Å². The standard InChI is InChI=1S/C21H33N7O2Si/c1-5-8-27-20(29)17-18(25-21(27)26-9-6-7-10-26)24-19(16-13-22-23-14-16)28(17)15-30-11-12-31(2,3)4/h13-14H,5-12,15H2,1-4H3,(H,22,23). The molecule has 1 saturated heterocycles. The highest BCUT2D eigenvalue weighted by Crippen LogP contribution is 2.25. The lowest BCUT2D eigenvalue weighted by atomic mass is 10.3. The largest absolute Gasteiger partial charge is 0.361 e. The van der Waals surface area contributed by atoms with Gasteiger partial charge in [0.2, 0.25) is 5.95 Å². The number of anilines is 1. The van der Waals surface area contributed by atoms with E-state index in [1.807, 2.05) is 9.13 Å². The molecular formula is C21H33N7O2Si. The van der Waals surface area contributed by atoms with Crippen molar-refractivity contribution in [2.75, 3.05) is 24.6 Å². The highest BCUT2D eigenvalue weighted by molar-refractivity contribution is 6.76. The first-order valence-electron chi connectivity index (χ1n) is 11.2. The molecule has 0 spiro atoms. The fourth-order valence-electron chi connectivity index (χ4n) is 3.94. The molecule has 3 aromatic heterocycles. The topological polar surface area (TPSA) is 93.9 Å². The first kappa shape index (κ1) is 21.8. The highest BCUT2D eigenvalue weighted by Gasteiger charge is 2.24. The van der Waals surface area contributed by atoms with Crippen molar-refractivity contribution in [2.24, 2.45) is 0 Å². The number of fused-ring (bicyclic) bond motifs is 1. The Labute approximate surface area is 183 Å². The zero-order valence-electron chi connectivity index (χ0n) is 19.0. The minimum atomic E-state index is -1.20. The molecule has 0 aromatic carbocycles. The molecule has 0 atom stereocenters. The molecule has 0 amide bonds. The van der Waals surface area contributed by atoms with Crippen LogP contribution in [0.25, 0.3) is 22.6 Å². The summed E-state index contributed by atoms with van der Waals surface area (Å²) >= 11 is 0. The molecule has 168 valence electrons. The molecule has 4 rings (SSSR count). The van der Waals surface area contributed by atoms with Crippen LogP contribution in [0.2, 0.25) is 25.7 Å². The summed E-state index contributed by atoms with van der Waals surface area (Å²) < 4.78 is 9.70. The third kappa shape index (κ3) is 4.59. The van der Waals surface area contributed by atoms with Crippen LogP contribution in [0.5, 0.6) is 0 Å². The van der Waals surface area contributed by atoms with Crippen LogP contribution in [0.3, 0.4) is 0 Å². The van der Waals surface area contributed by atoms with Crippen molar-refractivity contribution in [1.29, 1.82) is 0 Å². The second-order valence-corrected chi connectivity index (χ2v) is 15.1. The molecule has 0 radical (unpaired) electrons. The van der Waals surface area contributed by atoms with Crippen LogP contribution in [-0.2, 0) is 18.0 Å². The number of nitrogens with one attached hydrogen (secondary N) is 1. The van der Waals surface area contributed by atoms with E-state index in [1.54, 1.807) is 12.4 Å². The summed E-state index contributed by atoms with van der Waals surface area (Å²) in [4.78, 5) is 25.5. The molecule has 0 aliphatic carbocycles. The van der Waals surface area contributed by atoms with Gasteiger partial charge in [0, 0.05) is 40.5 Å². The molecule has 3 aromatic rings. The average molecular weight is 444 g/mol. The normalized spacial score (nSPS) is 14.8. The van der Waals surface area contributed by atoms with Gasteiger partial charge in [-0.1, -0.05) is 26.6 Å². The van der Waals surface area contributed by atoms with Gasteiger partial charge in [0.15, 0.2) is 11.2 Å². The lowest BCUT2D eigenvalue weighted by Crippen LogP contribution is -2.32. The van der Waals surface area contributed by atoms with E-state index in [0.29, 0.717) is 30.1 Å². The Hall–Kier alpha value is -2.46. The van der Waals surface area contributed by atoms with Gasteiger partial charge in [-0.05, 0) is 25.3 Å². The predicted octanol–water partition coefficient (Wildman–Crippen LogP) is 3.31. The fourth-order valence-corrected chi connectivity index (χ4v) is 4.70. The molecule has 1 aliphatic rings. The Kier molecular flexibility index (Phi) is 6.28. The van der Waals surface area contributed by atoms with Gasteiger partial charge < -0.3 is 9.64 Å². The summed E-state index contributed by atoms with van der Waals surface area (Å²) in [5.41, 5.74) is 1.74. The van der Waals surface area contributed by atoms with Crippen molar-refractivity contribution >= 4 is 25.2 Å². The SMILES string of the molecule is CCCn1c(N2CCCC2)nc2nc(-c3cn[nH]c3)n(COCC[Si](C)(C)C)c2c1=O. The second kappa shape index (κ2) is 8.95. The van der Waals surface area contributed by atoms with Crippen LogP contribution < -0.4 is 10.5 Å². The van der Waals surface area contributed by atoms with Crippen molar-refractivity contribution in [2.45, 2.75) is 65.1 Å². The van der Waals surface area contributed by atoms with Crippen LogP contribution in [0.15, 0.2) is 17.2 Å². The van der Waals surface area contributed by atoms with Crippen LogP contribution >= 0.6 is 0 Å². The van der Waals surface area contributed by atoms with Crippen molar-refractivity contribution in [3.8, 4) is 11.4 Å². The number of aromatic amines is 1. The zero-order chi connectivity index (χ0) is 22.0. The molecule has 0 unspecified atom stereocenters. The molecule has 10 heteroatoms. The van der Waals surface area contributed by atoms with E-state index in [2.05, 4.69) is 41.7 Å². The van der Waals surface area contributed by atoms with Crippen molar-refractivity contribution in [3.63, 3.8) is 0 Å². The average Bonchev–Trinajstić information content (AvgIpc) is 3.47. The molecule has 4 heterocycles.